The van der Waals surface area contributed by atoms with E-state index >= 15 is 0 Å². The van der Waals surface area contributed by atoms with Gasteiger partial charge in [-0.25, -0.2) is 9.78 Å². The summed E-state index contributed by atoms with van der Waals surface area (Å²) in [5.41, 5.74) is 2.49. The fourth-order valence-electron chi connectivity index (χ4n) is 2.79. The van der Waals surface area contributed by atoms with E-state index in [9.17, 15) is 9.59 Å². The Morgan fingerprint density at radius 3 is 2.52 bits per heavy atom. The van der Waals surface area contributed by atoms with Gasteiger partial charge in [0.25, 0.3) is 5.91 Å². The number of carbonyl (C=O) groups is 2. The summed E-state index contributed by atoms with van der Waals surface area (Å²) in [6.07, 6.45) is 0. The summed E-state index contributed by atoms with van der Waals surface area (Å²) in [6, 6.07) is 20.9. The van der Waals surface area contributed by atoms with Gasteiger partial charge in [-0.1, -0.05) is 48.0 Å². The fourth-order valence-corrected chi connectivity index (χ4v) is 2.98. The zero-order valence-electron chi connectivity index (χ0n) is 15.1. The minimum Gasteiger partial charge on any atom is -0.452 e. The van der Waals surface area contributed by atoms with E-state index in [4.69, 9.17) is 20.8 Å². The molecule has 144 valence electrons. The first-order chi connectivity index (χ1) is 14.1. The smallest absolute Gasteiger partial charge is 0.339 e. The number of hydrogen-bond acceptors (Lipinski definition) is 5. The maximum Gasteiger partial charge on any atom is 0.339 e. The minimum atomic E-state index is -0.655. The average molecular weight is 407 g/mol. The highest BCUT2D eigenvalue weighted by atomic mass is 35.5. The van der Waals surface area contributed by atoms with E-state index in [1.807, 2.05) is 18.2 Å². The van der Waals surface area contributed by atoms with E-state index in [2.05, 4.69) is 10.3 Å². The minimum absolute atomic E-state index is 0.254. The summed E-state index contributed by atoms with van der Waals surface area (Å²) < 4.78 is 10.9. The van der Waals surface area contributed by atoms with E-state index in [1.165, 1.54) is 0 Å². The van der Waals surface area contributed by atoms with Crippen LogP contribution in [-0.4, -0.2) is 23.5 Å². The first-order valence-corrected chi connectivity index (χ1v) is 9.16. The van der Waals surface area contributed by atoms with Gasteiger partial charge in [-0.2, -0.15) is 0 Å². The summed E-state index contributed by atoms with van der Waals surface area (Å²) in [5, 5.41) is 3.00. The second kappa shape index (κ2) is 8.16. The number of nitrogens with zero attached hydrogens (tertiary/aromatic N) is 1. The number of halogens is 1. The molecule has 0 aliphatic heterocycles. The van der Waals surface area contributed by atoms with Gasteiger partial charge in [0, 0.05) is 0 Å². The third kappa shape index (κ3) is 4.12. The van der Waals surface area contributed by atoms with Gasteiger partial charge in [0.1, 0.15) is 5.52 Å². The Hall–Kier alpha value is -3.64. The second-order valence-electron chi connectivity index (χ2n) is 6.14. The molecule has 0 radical (unpaired) electrons. The van der Waals surface area contributed by atoms with Crippen LogP contribution in [0.2, 0.25) is 5.02 Å². The van der Waals surface area contributed by atoms with Crippen LogP contribution < -0.4 is 5.32 Å². The lowest BCUT2D eigenvalue weighted by Crippen LogP contribution is -2.21. The molecule has 29 heavy (non-hydrogen) atoms. The van der Waals surface area contributed by atoms with Crippen LogP contribution in [0.3, 0.4) is 0 Å². The van der Waals surface area contributed by atoms with Crippen LogP contribution in [-0.2, 0) is 9.53 Å². The van der Waals surface area contributed by atoms with E-state index in [-0.39, 0.29) is 5.56 Å². The number of para-hydroxylation sites is 3. The van der Waals surface area contributed by atoms with Crippen molar-refractivity contribution < 1.29 is 18.7 Å². The number of fused-ring (bicyclic) bond motifs is 1. The lowest BCUT2D eigenvalue weighted by molar-refractivity contribution is -0.119. The quantitative estimate of drug-likeness (QED) is 0.474. The number of esters is 1. The Labute approximate surface area is 171 Å². The monoisotopic (exact) mass is 406 g/mol. The Kier molecular flexibility index (Phi) is 5.27. The molecule has 4 rings (SSSR count). The van der Waals surface area contributed by atoms with Crippen LogP contribution in [0.1, 0.15) is 10.4 Å². The van der Waals surface area contributed by atoms with Crippen molar-refractivity contribution >= 4 is 40.3 Å². The highest BCUT2D eigenvalue weighted by Gasteiger charge is 2.19. The van der Waals surface area contributed by atoms with Crippen LogP contribution in [0.4, 0.5) is 5.69 Å². The summed E-state index contributed by atoms with van der Waals surface area (Å²) >= 11 is 6.01. The second-order valence-corrected chi connectivity index (χ2v) is 6.54. The molecular weight excluding hydrogens is 392 g/mol. The maximum atomic E-state index is 12.6. The molecule has 3 aromatic carbocycles. The molecule has 0 aliphatic rings. The van der Waals surface area contributed by atoms with Crippen molar-refractivity contribution in [1.29, 1.82) is 0 Å². The number of oxazole rings is 1. The molecule has 0 aliphatic carbocycles. The standard InChI is InChI=1S/C22H15ClN2O4/c23-16-9-3-4-10-17(16)24-20(26)13-28-22(27)15-8-2-1-7-14(15)21-25-18-11-5-6-12-19(18)29-21/h1-12H,13H2,(H,24,26). The molecule has 1 heterocycles. The summed E-state index contributed by atoms with van der Waals surface area (Å²) in [7, 11) is 0. The SMILES string of the molecule is O=C(COC(=O)c1ccccc1-c1nc2ccccc2o1)Nc1ccccc1Cl. The summed E-state index contributed by atoms with van der Waals surface area (Å²) in [4.78, 5) is 29.1. The number of ether oxygens (including phenoxy) is 1. The van der Waals surface area contributed by atoms with Crippen molar-refractivity contribution in [2.24, 2.45) is 0 Å². The first-order valence-electron chi connectivity index (χ1n) is 8.78. The van der Waals surface area contributed by atoms with Crippen LogP contribution >= 0.6 is 11.6 Å². The molecule has 0 unspecified atom stereocenters. The topological polar surface area (TPSA) is 81.4 Å². The van der Waals surface area contributed by atoms with Crippen molar-refractivity contribution in [2.75, 3.05) is 11.9 Å². The third-order valence-corrected chi connectivity index (χ3v) is 4.48. The molecule has 0 saturated heterocycles. The fraction of sp³-hybridized carbons (Fsp3) is 0.0455. The van der Waals surface area contributed by atoms with Crippen LogP contribution in [0.15, 0.2) is 77.2 Å². The molecule has 6 nitrogen and oxygen atoms in total. The Morgan fingerprint density at radius 1 is 0.966 bits per heavy atom. The third-order valence-electron chi connectivity index (χ3n) is 4.15. The van der Waals surface area contributed by atoms with Gasteiger partial charge in [0.15, 0.2) is 12.2 Å². The first kappa shape index (κ1) is 18.7. The Morgan fingerprint density at radius 2 is 1.69 bits per heavy atom. The molecule has 0 atom stereocenters. The highest BCUT2D eigenvalue weighted by Crippen LogP contribution is 2.27. The van der Waals surface area contributed by atoms with E-state index in [1.54, 1.807) is 54.6 Å². The van der Waals surface area contributed by atoms with E-state index in [0.717, 1.165) is 0 Å². The number of nitrogens with one attached hydrogen (secondary N) is 1. The summed E-state index contributed by atoms with van der Waals surface area (Å²) in [6.45, 7) is -0.452. The van der Waals surface area contributed by atoms with Gasteiger partial charge >= 0.3 is 5.97 Å². The normalized spacial score (nSPS) is 10.7. The number of benzene rings is 3. The number of aromatic nitrogens is 1. The zero-order chi connectivity index (χ0) is 20.2. The summed E-state index contributed by atoms with van der Waals surface area (Å²) in [5.74, 6) is -0.845. The van der Waals surface area contributed by atoms with Gasteiger partial charge in [-0.3, -0.25) is 4.79 Å². The van der Waals surface area contributed by atoms with Crippen LogP contribution in [0.5, 0.6) is 0 Å². The van der Waals surface area contributed by atoms with Crippen molar-refractivity contribution in [3.8, 4) is 11.5 Å². The number of anilines is 1. The van der Waals surface area contributed by atoms with Gasteiger partial charge in [-0.05, 0) is 36.4 Å². The molecule has 7 heteroatoms. The van der Waals surface area contributed by atoms with E-state index < -0.39 is 18.5 Å². The van der Waals surface area contributed by atoms with Gasteiger partial charge in [0.05, 0.1) is 21.8 Å². The highest BCUT2D eigenvalue weighted by molar-refractivity contribution is 6.33. The van der Waals surface area contributed by atoms with Gasteiger partial charge in [-0.15, -0.1) is 0 Å². The van der Waals surface area contributed by atoms with Crippen molar-refractivity contribution in [3.63, 3.8) is 0 Å². The van der Waals surface area contributed by atoms with Crippen molar-refractivity contribution in [2.45, 2.75) is 0 Å². The zero-order valence-corrected chi connectivity index (χ0v) is 15.8. The van der Waals surface area contributed by atoms with Gasteiger partial charge in [0.2, 0.25) is 5.89 Å². The molecule has 0 bridgehead atoms. The number of rotatable bonds is 5. The molecule has 0 fully saturated rings. The molecule has 4 aromatic rings. The molecular formula is C22H15ClN2O4. The van der Waals surface area contributed by atoms with E-state index in [0.29, 0.717) is 33.3 Å². The van der Waals surface area contributed by atoms with Crippen molar-refractivity contribution in [1.82, 2.24) is 4.98 Å². The van der Waals surface area contributed by atoms with Gasteiger partial charge < -0.3 is 14.5 Å². The van der Waals surface area contributed by atoms with Crippen molar-refractivity contribution in [3.05, 3.63) is 83.4 Å². The molecule has 0 spiro atoms. The predicted octanol–water partition coefficient (Wildman–Crippen LogP) is 4.94. The lowest BCUT2D eigenvalue weighted by atomic mass is 10.1. The number of hydrogen-bond donors (Lipinski definition) is 1. The van der Waals surface area contributed by atoms with Crippen LogP contribution in [0, 0.1) is 0 Å². The largest absolute Gasteiger partial charge is 0.452 e. The number of amides is 1. The molecule has 1 aromatic heterocycles. The molecule has 1 amide bonds. The van der Waals surface area contributed by atoms with Crippen LogP contribution in [0.25, 0.3) is 22.6 Å². The predicted molar refractivity (Wildman–Crippen MR) is 110 cm³/mol. The molecule has 0 saturated carbocycles. The Bertz CT molecular complexity index is 1170. The average Bonchev–Trinajstić information content (AvgIpc) is 3.18. The Balaban J connectivity index is 1.49. The molecule has 1 N–H and O–H groups in total. The maximum absolute atomic E-state index is 12.6. The lowest BCUT2D eigenvalue weighted by Gasteiger charge is -2.09. The number of carbonyl (C=O) groups excluding carboxylic acids is 2.